The number of piperazine rings is 1. The Kier molecular flexibility index (Phi) is 7.37. The fourth-order valence-electron chi connectivity index (χ4n) is 4.55. The second-order valence-corrected chi connectivity index (χ2v) is 9.32. The predicted octanol–water partition coefficient (Wildman–Crippen LogP) is 2.25. The molecule has 0 saturated carbocycles. The van der Waals surface area contributed by atoms with E-state index in [0.29, 0.717) is 11.6 Å². The van der Waals surface area contributed by atoms with Crippen molar-refractivity contribution >= 4 is 34.8 Å². The molecule has 2 aromatic carbocycles. The van der Waals surface area contributed by atoms with Crippen molar-refractivity contribution in [3.63, 3.8) is 0 Å². The zero-order valence-electron chi connectivity index (χ0n) is 19.5. The molecule has 4 rings (SSSR count). The van der Waals surface area contributed by atoms with Gasteiger partial charge >= 0.3 is 11.8 Å². The minimum Gasteiger partial charge on any atom is -0.374 e. The third kappa shape index (κ3) is 5.33. The number of hydrogen-bond acceptors (Lipinski definition) is 6. The molecule has 1 unspecified atom stereocenters. The Balaban J connectivity index is 1.47. The summed E-state index contributed by atoms with van der Waals surface area (Å²) in [6, 6.07) is 13.0. The highest BCUT2D eigenvalue weighted by Crippen LogP contribution is 2.31. The van der Waals surface area contributed by atoms with Crippen molar-refractivity contribution in [3.05, 3.63) is 58.1 Å². The van der Waals surface area contributed by atoms with Gasteiger partial charge in [-0.15, -0.1) is 0 Å². The Morgan fingerprint density at radius 3 is 2.56 bits per heavy atom. The molecule has 2 aliphatic rings. The second-order valence-electron chi connectivity index (χ2n) is 8.88. The maximum absolute atomic E-state index is 12.7. The van der Waals surface area contributed by atoms with Crippen molar-refractivity contribution in [2.24, 2.45) is 0 Å². The summed E-state index contributed by atoms with van der Waals surface area (Å²) in [6.45, 7) is 4.98. The molecule has 0 aliphatic carbocycles. The molecule has 34 heavy (non-hydrogen) atoms. The molecule has 2 aromatic rings. The zero-order chi connectivity index (χ0) is 24.2. The number of likely N-dealkylation sites (N-methyl/N-ethyl adjacent to an activating group) is 2. The first-order valence-electron chi connectivity index (χ1n) is 11.4. The summed E-state index contributed by atoms with van der Waals surface area (Å²) in [5.74, 6) is -1.57. The number of nitrogens with one attached hydrogen (secondary N) is 2. The lowest BCUT2D eigenvalue weighted by Crippen LogP contribution is -2.49. The Morgan fingerprint density at radius 2 is 1.82 bits per heavy atom. The highest BCUT2D eigenvalue weighted by Gasteiger charge is 2.27. The van der Waals surface area contributed by atoms with Gasteiger partial charge in [-0.05, 0) is 48.9 Å². The van der Waals surface area contributed by atoms with Crippen molar-refractivity contribution in [1.29, 1.82) is 5.26 Å². The molecule has 1 fully saturated rings. The highest BCUT2D eigenvalue weighted by molar-refractivity contribution is 6.40. The van der Waals surface area contributed by atoms with Crippen LogP contribution in [0.25, 0.3) is 0 Å². The van der Waals surface area contributed by atoms with Crippen LogP contribution >= 0.6 is 11.6 Å². The smallest absolute Gasteiger partial charge is 0.313 e. The molecule has 0 bridgehead atoms. The maximum Gasteiger partial charge on any atom is 0.313 e. The van der Waals surface area contributed by atoms with Crippen molar-refractivity contribution < 1.29 is 9.59 Å². The number of nitriles is 1. The number of carbonyl (C=O) groups is 2. The van der Waals surface area contributed by atoms with Gasteiger partial charge in [0.2, 0.25) is 0 Å². The van der Waals surface area contributed by atoms with E-state index in [1.165, 1.54) is 23.4 Å². The van der Waals surface area contributed by atoms with Gasteiger partial charge < -0.3 is 20.4 Å². The number of nitrogens with zero attached hydrogens (tertiary/aromatic N) is 4. The number of benzene rings is 2. The Bertz CT molecular complexity index is 1120. The molecular weight excluding hydrogens is 452 g/mol. The van der Waals surface area contributed by atoms with Crippen LogP contribution in [0, 0.1) is 11.3 Å². The minimum atomic E-state index is -0.827. The van der Waals surface area contributed by atoms with Gasteiger partial charge in [0.25, 0.3) is 0 Å². The molecule has 8 nitrogen and oxygen atoms in total. The van der Waals surface area contributed by atoms with E-state index in [1.54, 1.807) is 6.07 Å². The van der Waals surface area contributed by atoms with Crippen LogP contribution in [0.1, 0.15) is 22.7 Å². The van der Waals surface area contributed by atoms with Gasteiger partial charge in [-0.25, -0.2) is 0 Å². The van der Waals surface area contributed by atoms with Gasteiger partial charge in [-0.1, -0.05) is 23.7 Å². The van der Waals surface area contributed by atoms with Crippen LogP contribution in [-0.2, 0) is 16.0 Å². The van der Waals surface area contributed by atoms with Crippen LogP contribution < -0.4 is 15.5 Å². The lowest BCUT2D eigenvalue weighted by atomic mass is 10.00. The minimum absolute atomic E-state index is 0.0394. The quantitative estimate of drug-likeness (QED) is 0.638. The summed E-state index contributed by atoms with van der Waals surface area (Å²) in [5.41, 5.74) is 4.16. The molecule has 2 amide bonds. The van der Waals surface area contributed by atoms with E-state index in [-0.39, 0.29) is 17.3 Å². The van der Waals surface area contributed by atoms with Gasteiger partial charge in [-0.2, -0.15) is 5.26 Å². The van der Waals surface area contributed by atoms with Gasteiger partial charge in [0, 0.05) is 57.0 Å². The number of halogens is 1. The molecule has 2 N–H and O–H groups in total. The first-order chi connectivity index (χ1) is 16.4. The molecule has 0 radical (unpaired) electrons. The van der Waals surface area contributed by atoms with E-state index >= 15 is 0 Å². The van der Waals surface area contributed by atoms with Crippen LogP contribution in [0.3, 0.4) is 0 Å². The Morgan fingerprint density at radius 1 is 1.06 bits per heavy atom. The van der Waals surface area contributed by atoms with Gasteiger partial charge in [0.05, 0.1) is 17.3 Å². The number of hydrogen-bond donors (Lipinski definition) is 2. The molecule has 9 heteroatoms. The standard InChI is InChI=1S/C25H29ClN6O2/c1-30-9-11-32(12-10-30)23(17-4-6-22-18(13-17)7-8-31(22)2)16-28-24(33)25(34)29-21-14-20(26)5-3-19(21)15-27/h3-6,13-14,23H,7-12,16H2,1-2H3,(H,28,33)(H,29,34). The number of carbonyl (C=O) groups excluding carboxylic acids is 2. The molecule has 1 atom stereocenters. The van der Waals surface area contributed by atoms with E-state index in [0.717, 1.165) is 44.7 Å². The first-order valence-corrected chi connectivity index (χ1v) is 11.8. The van der Waals surface area contributed by atoms with Crippen LogP contribution in [0.5, 0.6) is 0 Å². The summed E-state index contributed by atoms with van der Waals surface area (Å²) < 4.78 is 0. The lowest BCUT2D eigenvalue weighted by molar-refractivity contribution is -0.136. The summed E-state index contributed by atoms with van der Waals surface area (Å²) >= 11 is 5.98. The van der Waals surface area contributed by atoms with Crippen molar-refractivity contribution in [3.8, 4) is 6.07 Å². The second kappa shape index (κ2) is 10.4. The van der Waals surface area contributed by atoms with E-state index in [4.69, 9.17) is 11.6 Å². The van der Waals surface area contributed by atoms with E-state index in [2.05, 4.69) is 57.6 Å². The summed E-state index contributed by atoms with van der Waals surface area (Å²) in [6.07, 6.45) is 1.00. The predicted molar refractivity (Wildman–Crippen MR) is 133 cm³/mol. The first kappa shape index (κ1) is 24.0. The van der Waals surface area contributed by atoms with Crippen molar-refractivity contribution in [2.45, 2.75) is 12.5 Å². The van der Waals surface area contributed by atoms with Crippen LogP contribution in [0.2, 0.25) is 5.02 Å². The molecule has 0 spiro atoms. The normalized spacial score (nSPS) is 17.1. The topological polar surface area (TPSA) is 91.7 Å². The fraction of sp³-hybridized carbons (Fsp3) is 0.400. The Labute approximate surface area is 205 Å². The average molecular weight is 481 g/mol. The van der Waals surface area contributed by atoms with Gasteiger partial charge in [0.15, 0.2) is 0 Å². The monoisotopic (exact) mass is 480 g/mol. The van der Waals surface area contributed by atoms with Crippen LogP contribution in [0.15, 0.2) is 36.4 Å². The largest absolute Gasteiger partial charge is 0.374 e. The van der Waals surface area contributed by atoms with E-state index in [9.17, 15) is 14.9 Å². The summed E-state index contributed by atoms with van der Waals surface area (Å²) in [7, 11) is 4.20. The number of anilines is 2. The van der Waals surface area contributed by atoms with E-state index < -0.39 is 11.8 Å². The highest BCUT2D eigenvalue weighted by atomic mass is 35.5. The number of amides is 2. The molecule has 1 saturated heterocycles. The maximum atomic E-state index is 12.7. The van der Waals surface area contributed by atoms with Crippen LogP contribution in [0.4, 0.5) is 11.4 Å². The molecular formula is C25H29ClN6O2. The van der Waals surface area contributed by atoms with E-state index in [1.807, 2.05) is 6.07 Å². The number of rotatable bonds is 5. The third-order valence-electron chi connectivity index (χ3n) is 6.61. The Hall–Kier alpha value is -3.12. The van der Waals surface area contributed by atoms with Gasteiger partial charge in [0.1, 0.15) is 6.07 Å². The third-order valence-corrected chi connectivity index (χ3v) is 6.84. The van der Waals surface area contributed by atoms with Crippen molar-refractivity contribution in [1.82, 2.24) is 15.1 Å². The van der Waals surface area contributed by atoms with Crippen molar-refractivity contribution in [2.75, 3.05) is 63.6 Å². The summed E-state index contributed by atoms with van der Waals surface area (Å²) in [5, 5.41) is 14.9. The molecule has 0 aromatic heterocycles. The fourth-order valence-corrected chi connectivity index (χ4v) is 4.72. The van der Waals surface area contributed by atoms with Crippen LogP contribution in [-0.4, -0.2) is 75.0 Å². The SMILES string of the molecule is CN1CCN(C(CNC(=O)C(=O)Nc2cc(Cl)ccc2C#N)c2ccc3c(c2)CCN3C)CC1. The average Bonchev–Trinajstić information content (AvgIpc) is 3.20. The zero-order valence-corrected chi connectivity index (χ0v) is 20.2. The lowest BCUT2D eigenvalue weighted by Gasteiger charge is -2.38. The molecule has 2 aliphatic heterocycles. The summed E-state index contributed by atoms with van der Waals surface area (Å²) in [4.78, 5) is 32.1. The molecule has 2 heterocycles. The number of fused-ring (bicyclic) bond motifs is 1. The van der Waals surface area contributed by atoms with Gasteiger partial charge in [-0.3, -0.25) is 14.5 Å². The molecule has 178 valence electrons.